The molecule has 1 saturated carbocycles. The van der Waals surface area contributed by atoms with Gasteiger partial charge in [-0.05, 0) is 43.2 Å². The molecule has 0 radical (unpaired) electrons. The average molecular weight is 375 g/mol. The topological polar surface area (TPSA) is 79.8 Å². The summed E-state index contributed by atoms with van der Waals surface area (Å²) in [6.45, 7) is 0.402. The molecule has 1 aliphatic rings. The quantitative estimate of drug-likeness (QED) is 0.692. The monoisotopic (exact) mass is 375 g/mol. The van der Waals surface area contributed by atoms with Crippen LogP contribution in [0.25, 0.3) is 0 Å². The summed E-state index contributed by atoms with van der Waals surface area (Å²) in [7, 11) is -1.23. The summed E-state index contributed by atoms with van der Waals surface area (Å²) in [5.74, 6) is -0.199. The number of hydroxylamine groups is 1. The zero-order valence-corrected chi connectivity index (χ0v) is 15.5. The van der Waals surface area contributed by atoms with Gasteiger partial charge in [0.25, 0.3) is 15.9 Å². The predicted molar refractivity (Wildman–Crippen MR) is 95.5 cm³/mol. The molecule has 1 aliphatic carbocycles. The van der Waals surface area contributed by atoms with Gasteiger partial charge in [-0.15, -0.1) is 0 Å². The SMILES string of the molecule is CON(C)S(=O)(=O)c1cccc(C(=O)N(Cc2ccccn2)C2CC2)c1. The highest BCUT2D eigenvalue weighted by molar-refractivity contribution is 7.89. The van der Waals surface area contributed by atoms with Crippen molar-refractivity contribution in [1.82, 2.24) is 14.4 Å². The number of rotatable bonds is 7. The standard InChI is InChI=1S/C18H21N3O4S/c1-20(25-2)26(23,24)17-8-5-6-14(12-17)18(22)21(16-9-10-16)13-15-7-3-4-11-19-15/h3-8,11-12,16H,9-10,13H2,1-2H3. The Labute approximate surface area is 153 Å². The number of sulfonamides is 1. The zero-order valence-electron chi connectivity index (χ0n) is 14.7. The van der Waals surface area contributed by atoms with Crippen LogP contribution in [-0.4, -0.2) is 48.9 Å². The van der Waals surface area contributed by atoms with E-state index in [-0.39, 0.29) is 16.8 Å². The summed E-state index contributed by atoms with van der Waals surface area (Å²) in [5.41, 5.74) is 1.13. The van der Waals surface area contributed by atoms with Crippen LogP contribution in [0.2, 0.25) is 0 Å². The number of amides is 1. The number of pyridine rings is 1. The van der Waals surface area contributed by atoms with E-state index in [1.54, 1.807) is 23.2 Å². The van der Waals surface area contributed by atoms with Crippen molar-refractivity contribution < 1.29 is 18.0 Å². The van der Waals surface area contributed by atoms with Crippen molar-refractivity contribution in [3.8, 4) is 0 Å². The van der Waals surface area contributed by atoms with Crippen LogP contribution in [0.15, 0.2) is 53.6 Å². The van der Waals surface area contributed by atoms with Gasteiger partial charge in [-0.25, -0.2) is 8.42 Å². The molecule has 1 aromatic carbocycles. The molecule has 0 bridgehead atoms. The van der Waals surface area contributed by atoms with Gasteiger partial charge in [0.1, 0.15) is 0 Å². The molecule has 1 aromatic heterocycles. The summed E-state index contributed by atoms with van der Waals surface area (Å²) in [5, 5.41) is 0. The van der Waals surface area contributed by atoms with Gasteiger partial charge in [0.15, 0.2) is 0 Å². The summed E-state index contributed by atoms with van der Waals surface area (Å²) in [4.78, 5) is 23.8. The third kappa shape index (κ3) is 3.92. The first-order valence-electron chi connectivity index (χ1n) is 8.27. The Morgan fingerprint density at radius 1 is 1.23 bits per heavy atom. The lowest BCUT2D eigenvalue weighted by Crippen LogP contribution is -2.33. The molecule has 1 amide bonds. The Hall–Kier alpha value is -2.29. The number of carbonyl (C=O) groups excluding carboxylic acids is 1. The summed E-state index contributed by atoms with van der Waals surface area (Å²) < 4.78 is 25.6. The van der Waals surface area contributed by atoms with Crippen molar-refractivity contribution in [1.29, 1.82) is 0 Å². The summed E-state index contributed by atoms with van der Waals surface area (Å²) >= 11 is 0. The van der Waals surface area contributed by atoms with Crippen LogP contribution in [0.3, 0.4) is 0 Å². The van der Waals surface area contributed by atoms with Crippen molar-refractivity contribution in [3.05, 3.63) is 59.9 Å². The number of aromatic nitrogens is 1. The zero-order chi connectivity index (χ0) is 18.7. The van der Waals surface area contributed by atoms with E-state index >= 15 is 0 Å². The molecule has 2 aromatic rings. The van der Waals surface area contributed by atoms with E-state index in [1.165, 1.54) is 26.3 Å². The highest BCUT2D eigenvalue weighted by Crippen LogP contribution is 2.30. The molecule has 8 heteroatoms. The Kier molecular flexibility index (Phi) is 5.36. The number of hydrogen-bond acceptors (Lipinski definition) is 5. The maximum absolute atomic E-state index is 13.0. The van der Waals surface area contributed by atoms with E-state index in [9.17, 15) is 13.2 Å². The van der Waals surface area contributed by atoms with Gasteiger partial charge in [0.05, 0.1) is 24.2 Å². The molecule has 0 saturated heterocycles. The smallest absolute Gasteiger partial charge is 0.264 e. The Morgan fingerprint density at radius 3 is 2.62 bits per heavy atom. The Balaban J connectivity index is 1.87. The van der Waals surface area contributed by atoms with Crippen molar-refractivity contribution in [3.63, 3.8) is 0 Å². The van der Waals surface area contributed by atoms with Crippen LogP contribution in [0.1, 0.15) is 28.9 Å². The molecule has 0 aliphatic heterocycles. The van der Waals surface area contributed by atoms with E-state index < -0.39 is 10.0 Å². The van der Waals surface area contributed by atoms with E-state index in [0.29, 0.717) is 12.1 Å². The molecule has 3 rings (SSSR count). The van der Waals surface area contributed by atoms with Gasteiger partial charge in [0, 0.05) is 24.8 Å². The maximum Gasteiger partial charge on any atom is 0.264 e. The van der Waals surface area contributed by atoms with E-state index in [2.05, 4.69) is 4.98 Å². The van der Waals surface area contributed by atoms with Crippen molar-refractivity contribution in [2.45, 2.75) is 30.3 Å². The molecule has 0 unspecified atom stereocenters. The van der Waals surface area contributed by atoms with Crippen molar-refractivity contribution in [2.75, 3.05) is 14.2 Å². The lowest BCUT2D eigenvalue weighted by molar-refractivity contribution is -0.0258. The molecule has 138 valence electrons. The van der Waals surface area contributed by atoms with E-state index in [4.69, 9.17) is 4.84 Å². The lowest BCUT2D eigenvalue weighted by atomic mass is 10.2. The molecule has 1 heterocycles. The third-order valence-corrected chi connectivity index (χ3v) is 5.96. The van der Waals surface area contributed by atoms with Crippen LogP contribution in [0.4, 0.5) is 0 Å². The van der Waals surface area contributed by atoms with Gasteiger partial charge in [-0.1, -0.05) is 16.6 Å². The van der Waals surface area contributed by atoms with E-state index in [1.807, 2.05) is 18.2 Å². The van der Waals surface area contributed by atoms with Gasteiger partial charge in [0.2, 0.25) is 0 Å². The Bertz CT molecular complexity index is 882. The maximum atomic E-state index is 13.0. The second-order valence-corrected chi connectivity index (χ2v) is 8.05. The molecular formula is C18H21N3O4S. The molecule has 0 N–H and O–H groups in total. The van der Waals surface area contributed by atoms with E-state index in [0.717, 1.165) is 23.0 Å². The van der Waals surface area contributed by atoms with Crippen LogP contribution in [0.5, 0.6) is 0 Å². The number of benzene rings is 1. The fourth-order valence-electron chi connectivity index (χ4n) is 2.62. The van der Waals surface area contributed by atoms with Crippen molar-refractivity contribution >= 4 is 15.9 Å². The van der Waals surface area contributed by atoms with Crippen LogP contribution in [0, 0.1) is 0 Å². The lowest BCUT2D eigenvalue weighted by Gasteiger charge is -2.22. The summed E-state index contributed by atoms with van der Waals surface area (Å²) in [6.07, 6.45) is 3.59. The molecule has 0 spiro atoms. The molecule has 26 heavy (non-hydrogen) atoms. The minimum atomic E-state index is -3.81. The second kappa shape index (κ2) is 7.53. The van der Waals surface area contributed by atoms with Gasteiger partial charge in [-0.2, -0.15) is 0 Å². The van der Waals surface area contributed by atoms with Crippen LogP contribution in [-0.2, 0) is 21.4 Å². The predicted octanol–water partition coefficient (Wildman–Crippen LogP) is 2.07. The fourth-order valence-corrected chi connectivity index (χ4v) is 3.64. The summed E-state index contributed by atoms with van der Waals surface area (Å²) in [6, 6.07) is 11.8. The number of carbonyl (C=O) groups is 1. The first-order chi connectivity index (χ1) is 12.4. The average Bonchev–Trinajstić information content (AvgIpc) is 3.51. The fraction of sp³-hybridized carbons (Fsp3) is 0.333. The first kappa shape index (κ1) is 18.5. The van der Waals surface area contributed by atoms with Gasteiger partial charge >= 0.3 is 0 Å². The molecule has 7 nitrogen and oxygen atoms in total. The number of hydrogen-bond donors (Lipinski definition) is 0. The molecule has 1 fully saturated rings. The Morgan fingerprint density at radius 2 is 2.00 bits per heavy atom. The third-order valence-electron chi connectivity index (χ3n) is 4.28. The molecule has 0 atom stereocenters. The largest absolute Gasteiger partial charge is 0.330 e. The van der Waals surface area contributed by atoms with Crippen LogP contribution < -0.4 is 0 Å². The highest BCUT2D eigenvalue weighted by atomic mass is 32.2. The number of nitrogens with zero attached hydrogens (tertiary/aromatic N) is 3. The van der Waals surface area contributed by atoms with Gasteiger partial charge in [-0.3, -0.25) is 14.6 Å². The van der Waals surface area contributed by atoms with Crippen molar-refractivity contribution in [2.24, 2.45) is 0 Å². The van der Waals surface area contributed by atoms with Crippen LogP contribution >= 0.6 is 0 Å². The minimum Gasteiger partial charge on any atom is -0.330 e. The second-order valence-electron chi connectivity index (χ2n) is 6.11. The highest BCUT2D eigenvalue weighted by Gasteiger charge is 2.34. The first-order valence-corrected chi connectivity index (χ1v) is 9.71. The van der Waals surface area contributed by atoms with Gasteiger partial charge < -0.3 is 4.90 Å². The molecular weight excluding hydrogens is 354 g/mol. The normalized spacial score (nSPS) is 14.4. The minimum absolute atomic E-state index is 0.0151.